The molecule has 0 unspecified atom stereocenters. The van der Waals surface area contributed by atoms with Crippen LogP contribution in [0.2, 0.25) is 5.02 Å². The summed E-state index contributed by atoms with van der Waals surface area (Å²) in [6.45, 7) is 1.64. The van der Waals surface area contributed by atoms with Gasteiger partial charge in [-0.2, -0.15) is 0 Å². The lowest BCUT2D eigenvalue weighted by atomic mass is 9.97. The first-order chi connectivity index (χ1) is 15.7. The molecule has 32 heavy (non-hydrogen) atoms. The minimum Gasteiger partial charge on any atom is -0.362 e. The highest BCUT2D eigenvalue weighted by atomic mass is 35.5. The van der Waals surface area contributed by atoms with Crippen LogP contribution in [0.25, 0.3) is 10.2 Å². The van der Waals surface area contributed by atoms with Crippen molar-refractivity contribution in [1.29, 1.82) is 0 Å². The molecule has 1 aromatic carbocycles. The molecule has 2 aliphatic rings. The number of fused-ring (bicyclic) bond motifs is 4. The van der Waals surface area contributed by atoms with E-state index in [2.05, 4.69) is 20.1 Å². The van der Waals surface area contributed by atoms with Crippen LogP contribution in [0.4, 0.5) is 5.82 Å². The quantitative estimate of drug-likeness (QED) is 0.357. The zero-order chi connectivity index (χ0) is 21.5. The van der Waals surface area contributed by atoms with Crippen molar-refractivity contribution in [2.24, 2.45) is 0 Å². The second-order valence-electron chi connectivity index (χ2n) is 8.26. The Morgan fingerprint density at radius 1 is 1.03 bits per heavy atom. The Hall–Kier alpha value is -2.16. The van der Waals surface area contributed by atoms with Crippen LogP contribution < -0.4 is 5.32 Å². The molecule has 164 valence electrons. The fourth-order valence-electron chi connectivity index (χ4n) is 4.58. The number of thiophene rings is 1. The Balaban J connectivity index is 1.32. The number of aromatic nitrogens is 5. The summed E-state index contributed by atoms with van der Waals surface area (Å²) < 4.78 is 2.24. The largest absolute Gasteiger partial charge is 0.362 e. The predicted octanol–water partition coefficient (Wildman–Crippen LogP) is 5.67. The van der Waals surface area contributed by atoms with Crippen molar-refractivity contribution in [3.8, 4) is 0 Å². The van der Waals surface area contributed by atoms with E-state index in [4.69, 9.17) is 21.6 Å². The first kappa shape index (κ1) is 20.4. The maximum atomic E-state index is 6.02. The number of nitrogens with one attached hydrogen (secondary N) is 1. The van der Waals surface area contributed by atoms with Crippen LogP contribution in [0.1, 0.15) is 47.2 Å². The summed E-state index contributed by atoms with van der Waals surface area (Å²) in [6.07, 6.45) is 6.95. The number of nitrogens with zero attached hydrogens (tertiary/aromatic N) is 5. The Kier molecular flexibility index (Phi) is 5.53. The molecule has 0 fully saturated rings. The van der Waals surface area contributed by atoms with Crippen LogP contribution in [-0.2, 0) is 38.1 Å². The molecule has 3 aromatic heterocycles. The molecule has 0 radical (unpaired) electrons. The van der Waals surface area contributed by atoms with Crippen molar-refractivity contribution in [2.45, 2.75) is 62.3 Å². The van der Waals surface area contributed by atoms with Gasteiger partial charge in [-0.3, -0.25) is 0 Å². The molecule has 6 rings (SSSR count). The first-order valence-electron chi connectivity index (χ1n) is 11.1. The van der Waals surface area contributed by atoms with E-state index >= 15 is 0 Å². The molecular formula is C23H23ClN6S2. The van der Waals surface area contributed by atoms with Gasteiger partial charge in [0.2, 0.25) is 0 Å². The average Bonchev–Trinajstić information content (AvgIpc) is 3.51. The molecule has 1 aliphatic heterocycles. The number of anilines is 1. The van der Waals surface area contributed by atoms with Gasteiger partial charge in [-0.15, -0.1) is 33.3 Å². The van der Waals surface area contributed by atoms with Gasteiger partial charge in [-0.25, -0.2) is 9.97 Å². The third kappa shape index (κ3) is 3.89. The Bertz CT molecular complexity index is 1280. The van der Waals surface area contributed by atoms with E-state index in [1.165, 1.54) is 28.7 Å². The highest BCUT2D eigenvalue weighted by Crippen LogP contribution is 2.39. The highest BCUT2D eigenvalue weighted by Gasteiger charge is 2.22. The van der Waals surface area contributed by atoms with Gasteiger partial charge in [-0.1, -0.05) is 11.6 Å². The minimum absolute atomic E-state index is 0.632. The van der Waals surface area contributed by atoms with E-state index in [1.807, 2.05) is 35.6 Å². The summed E-state index contributed by atoms with van der Waals surface area (Å²) in [7, 11) is 0. The highest BCUT2D eigenvalue weighted by molar-refractivity contribution is 7.98. The lowest BCUT2D eigenvalue weighted by molar-refractivity contribution is 0.694. The van der Waals surface area contributed by atoms with E-state index < -0.39 is 0 Å². The number of hydrogen-bond acceptors (Lipinski definition) is 7. The van der Waals surface area contributed by atoms with Crippen molar-refractivity contribution in [3.05, 3.63) is 57.2 Å². The van der Waals surface area contributed by atoms with Crippen LogP contribution in [-0.4, -0.2) is 24.7 Å². The van der Waals surface area contributed by atoms with E-state index in [-0.39, 0.29) is 0 Å². The molecule has 1 aliphatic carbocycles. The zero-order valence-corrected chi connectivity index (χ0v) is 20.0. The average molecular weight is 483 g/mol. The second kappa shape index (κ2) is 8.65. The van der Waals surface area contributed by atoms with Crippen LogP contribution in [0.15, 0.2) is 29.2 Å². The van der Waals surface area contributed by atoms with E-state index in [0.29, 0.717) is 6.54 Å². The molecule has 1 N–H and O–H groups in total. The monoisotopic (exact) mass is 482 g/mol. The summed E-state index contributed by atoms with van der Waals surface area (Å²) in [4.78, 5) is 13.7. The van der Waals surface area contributed by atoms with Gasteiger partial charge in [0.15, 0.2) is 5.82 Å². The van der Waals surface area contributed by atoms with Crippen molar-refractivity contribution >= 4 is 50.7 Å². The fourth-order valence-corrected chi connectivity index (χ4v) is 6.74. The van der Waals surface area contributed by atoms with Crippen LogP contribution in [0.3, 0.4) is 0 Å². The van der Waals surface area contributed by atoms with Crippen molar-refractivity contribution < 1.29 is 0 Å². The molecule has 9 heteroatoms. The Labute approximate surface area is 199 Å². The topological polar surface area (TPSA) is 68.5 Å². The first-order valence-corrected chi connectivity index (χ1v) is 13.3. The van der Waals surface area contributed by atoms with Gasteiger partial charge in [0.05, 0.1) is 17.7 Å². The van der Waals surface area contributed by atoms with Crippen LogP contribution >= 0.6 is 34.7 Å². The van der Waals surface area contributed by atoms with E-state index in [9.17, 15) is 0 Å². The number of benzene rings is 1. The number of aryl methyl sites for hydroxylation is 3. The maximum absolute atomic E-state index is 6.02. The summed E-state index contributed by atoms with van der Waals surface area (Å²) in [5.74, 6) is 4.60. The molecule has 4 heterocycles. The van der Waals surface area contributed by atoms with E-state index in [1.54, 1.807) is 11.8 Å². The number of rotatable bonds is 6. The molecule has 0 atom stereocenters. The molecule has 0 bridgehead atoms. The third-order valence-corrected chi connectivity index (χ3v) is 8.59. The van der Waals surface area contributed by atoms with Crippen LogP contribution in [0, 0.1) is 0 Å². The number of hydrogen-bond donors (Lipinski definition) is 1. The molecule has 6 nitrogen and oxygen atoms in total. The van der Waals surface area contributed by atoms with Crippen molar-refractivity contribution in [2.75, 3.05) is 5.32 Å². The fraction of sp³-hybridized carbons (Fsp3) is 0.391. The van der Waals surface area contributed by atoms with E-state index in [0.717, 1.165) is 76.0 Å². The number of halogens is 1. The van der Waals surface area contributed by atoms with Gasteiger partial charge in [0.25, 0.3) is 0 Å². The second-order valence-corrected chi connectivity index (χ2v) is 10.8. The minimum atomic E-state index is 0.632. The zero-order valence-electron chi connectivity index (χ0n) is 17.6. The molecular weight excluding hydrogens is 460 g/mol. The Morgan fingerprint density at radius 3 is 2.81 bits per heavy atom. The molecule has 0 saturated carbocycles. The molecule has 0 saturated heterocycles. The predicted molar refractivity (Wildman–Crippen MR) is 131 cm³/mol. The standard InChI is InChI=1S/C23H23ClN6S2/c24-14-7-9-15(10-8-14)31-13-18-26-22(25-12-20-29-28-19-6-3-11-30(19)20)21-16-4-1-2-5-17(16)32-23(21)27-18/h7-10H,1-6,11-13H2,(H,25,26,27). The van der Waals surface area contributed by atoms with Gasteiger partial charge in [-0.05, 0) is 61.9 Å². The third-order valence-electron chi connectivity index (χ3n) is 6.14. The summed E-state index contributed by atoms with van der Waals surface area (Å²) in [5.41, 5.74) is 1.45. The smallest absolute Gasteiger partial charge is 0.152 e. The summed E-state index contributed by atoms with van der Waals surface area (Å²) in [6, 6.07) is 7.93. The van der Waals surface area contributed by atoms with Crippen LogP contribution in [0.5, 0.6) is 0 Å². The summed E-state index contributed by atoms with van der Waals surface area (Å²) in [5, 5.41) is 14.3. The Morgan fingerprint density at radius 2 is 1.91 bits per heavy atom. The maximum Gasteiger partial charge on any atom is 0.152 e. The summed E-state index contributed by atoms with van der Waals surface area (Å²) >= 11 is 9.60. The molecule has 0 amide bonds. The van der Waals surface area contributed by atoms with Crippen molar-refractivity contribution in [3.63, 3.8) is 0 Å². The lowest BCUT2D eigenvalue weighted by Crippen LogP contribution is -2.10. The van der Waals surface area contributed by atoms with Gasteiger partial charge in [0.1, 0.15) is 22.3 Å². The molecule has 0 spiro atoms. The van der Waals surface area contributed by atoms with Gasteiger partial charge in [0, 0.05) is 27.8 Å². The normalized spacial score (nSPS) is 15.2. The van der Waals surface area contributed by atoms with Gasteiger partial charge < -0.3 is 9.88 Å². The van der Waals surface area contributed by atoms with Gasteiger partial charge >= 0.3 is 0 Å². The lowest BCUT2D eigenvalue weighted by Gasteiger charge is -2.13. The SMILES string of the molecule is Clc1ccc(SCc2nc(NCc3nnc4n3CCC4)c3c4c(sc3n2)CCCC4)cc1. The molecule has 4 aromatic rings. The number of thioether (sulfide) groups is 1. The van der Waals surface area contributed by atoms with Crippen molar-refractivity contribution in [1.82, 2.24) is 24.7 Å².